The van der Waals surface area contributed by atoms with E-state index in [0.717, 1.165) is 28.7 Å². The lowest BCUT2D eigenvalue weighted by Gasteiger charge is -2.17. The number of benzene rings is 3. The third-order valence-corrected chi connectivity index (χ3v) is 8.04. The Kier molecular flexibility index (Phi) is 6.58. The lowest BCUT2D eigenvalue weighted by Crippen LogP contribution is -2.17. The second-order valence-corrected chi connectivity index (χ2v) is 11.0. The van der Waals surface area contributed by atoms with Gasteiger partial charge in [-0.3, -0.25) is 0 Å². The maximum absolute atomic E-state index is 12.6. The van der Waals surface area contributed by atoms with Crippen LogP contribution in [0, 0.1) is 17.8 Å². The van der Waals surface area contributed by atoms with Crippen LogP contribution in [0.1, 0.15) is 35.7 Å². The van der Waals surface area contributed by atoms with Gasteiger partial charge in [0, 0.05) is 22.3 Å². The van der Waals surface area contributed by atoms with E-state index in [-0.39, 0.29) is 5.97 Å². The third kappa shape index (κ3) is 5.07. The first-order chi connectivity index (χ1) is 20.5. The molecule has 0 spiro atoms. The number of aromatic nitrogens is 4. The topological polar surface area (TPSA) is 104 Å². The predicted octanol–water partition coefficient (Wildman–Crippen LogP) is 7.52. The zero-order valence-corrected chi connectivity index (χ0v) is 23.1. The van der Waals surface area contributed by atoms with Crippen LogP contribution in [0.3, 0.4) is 0 Å². The van der Waals surface area contributed by atoms with E-state index in [1.165, 1.54) is 6.42 Å². The van der Waals surface area contributed by atoms with Crippen LogP contribution in [-0.2, 0) is 4.74 Å². The number of carbonyl (C=O) groups is 1. The molecule has 2 bridgehead atoms. The van der Waals surface area contributed by atoms with Crippen molar-refractivity contribution in [2.75, 3.05) is 6.61 Å². The molecule has 8 heteroatoms. The molecule has 0 N–H and O–H groups in total. The molecule has 0 amide bonds. The van der Waals surface area contributed by atoms with Crippen molar-refractivity contribution in [3.63, 3.8) is 0 Å². The summed E-state index contributed by atoms with van der Waals surface area (Å²) < 4.78 is 17.6. The molecule has 2 aromatic heterocycles. The van der Waals surface area contributed by atoms with Crippen LogP contribution in [0.15, 0.2) is 100 Å². The summed E-state index contributed by atoms with van der Waals surface area (Å²) in [5.41, 5.74) is 5.52. The van der Waals surface area contributed by atoms with Crippen molar-refractivity contribution in [3.8, 4) is 45.8 Å². The number of hydrogen-bond acceptors (Lipinski definition) is 8. The third-order valence-electron chi connectivity index (χ3n) is 8.04. The Balaban J connectivity index is 1.02. The minimum Gasteiger partial charge on any atom is -0.462 e. The number of fused-ring (bicyclic) bond motifs is 2. The van der Waals surface area contributed by atoms with Crippen LogP contribution in [0.2, 0.25) is 0 Å². The number of allylic oxidation sites excluding steroid dienone is 3. The van der Waals surface area contributed by atoms with Crippen LogP contribution >= 0.6 is 0 Å². The highest BCUT2D eigenvalue weighted by Gasteiger charge is 2.36. The van der Waals surface area contributed by atoms with Gasteiger partial charge < -0.3 is 13.6 Å². The summed E-state index contributed by atoms with van der Waals surface area (Å²) in [6.45, 7) is 6.40. The first kappa shape index (κ1) is 25.8. The van der Waals surface area contributed by atoms with Gasteiger partial charge in [0.25, 0.3) is 0 Å². The van der Waals surface area contributed by atoms with Crippen LogP contribution in [0.5, 0.6) is 0 Å². The molecule has 208 valence electrons. The molecule has 0 aliphatic heterocycles. The molecular formula is C34H28N4O4. The zero-order valence-electron chi connectivity index (χ0n) is 23.1. The molecule has 0 saturated heterocycles. The van der Waals surface area contributed by atoms with Crippen LogP contribution < -0.4 is 0 Å². The maximum atomic E-state index is 12.6. The van der Waals surface area contributed by atoms with Gasteiger partial charge in [0.05, 0.1) is 12.2 Å². The number of rotatable bonds is 8. The molecule has 8 nitrogen and oxygen atoms in total. The Morgan fingerprint density at radius 3 is 1.81 bits per heavy atom. The van der Waals surface area contributed by atoms with E-state index in [2.05, 4.69) is 39.1 Å². The van der Waals surface area contributed by atoms with Gasteiger partial charge >= 0.3 is 5.97 Å². The Labute approximate surface area is 242 Å². The summed E-state index contributed by atoms with van der Waals surface area (Å²) in [7, 11) is 0. The largest absolute Gasteiger partial charge is 0.462 e. The Bertz CT molecular complexity index is 1800. The van der Waals surface area contributed by atoms with Crippen molar-refractivity contribution < 1.29 is 18.4 Å². The fraction of sp³-hybridized carbons (Fsp3) is 0.206. The molecular weight excluding hydrogens is 528 g/mol. The molecule has 2 aliphatic carbocycles. The van der Waals surface area contributed by atoms with E-state index in [1.54, 1.807) is 24.3 Å². The maximum Gasteiger partial charge on any atom is 0.338 e. The molecule has 2 aliphatic rings. The number of hydrogen-bond donors (Lipinski definition) is 0. The second-order valence-electron chi connectivity index (χ2n) is 11.0. The van der Waals surface area contributed by atoms with E-state index >= 15 is 0 Å². The summed E-state index contributed by atoms with van der Waals surface area (Å²) in [6.07, 6.45) is 6.85. The van der Waals surface area contributed by atoms with E-state index in [1.807, 2.05) is 55.5 Å². The van der Waals surface area contributed by atoms with E-state index in [9.17, 15) is 4.79 Å². The minimum atomic E-state index is -0.315. The number of carbonyl (C=O) groups excluding carboxylic acids is 1. The lowest BCUT2D eigenvalue weighted by atomic mass is 9.95. The number of ether oxygens (including phenoxy) is 1. The molecule has 7 rings (SSSR count). The van der Waals surface area contributed by atoms with Crippen molar-refractivity contribution in [1.82, 2.24) is 20.4 Å². The van der Waals surface area contributed by atoms with Gasteiger partial charge in [-0.1, -0.05) is 42.5 Å². The average Bonchev–Trinajstić information content (AvgIpc) is 3.85. The Morgan fingerprint density at radius 2 is 1.31 bits per heavy atom. The highest BCUT2D eigenvalue weighted by Crippen LogP contribution is 2.43. The lowest BCUT2D eigenvalue weighted by molar-refractivity contribution is 0.0420. The van der Waals surface area contributed by atoms with E-state index < -0.39 is 0 Å². The molecule has 5 aromatic rings. The van der Waals surface area contributed by atoms with Crippen molar-refractivity contribution >= 4 is 11.5 Å². The standard InChI is InChI=1S/C34H28N4O4/c1-20(2)22-8-10-23(11-9-22)30-35-37-32(41-30)27-4-3-5-28(18-27)33-38-36-31(42-33)24-12-14-25(15-13-24)34(39)40-19-29-17-21-6-7-26(29)16-21/h3-15,18,21,26,29H,1,16-17,19H2,2H3. The summed E-state index contributed by atoms with van der Waals surface area (Å²) in [6, 6.07) is 22.3. The van der Waals surface area contributed by atoms with E-state index in [4.69, 9.17) is 13.6 Å². The molecule has 1 fully saturated rings. The van der Waals surface area contributed by atoms with Crippen molar-refractivity contribution in [1.29, 1.82) is 0 Å². The van der Waals surface area contributed by atoms with Gasteiger partial charge in [-0.25, -0.2) is 4.79 Å². The van der Waals surface area contributed by atoms with Crippen LogP contribution in [-0.4, -0.2) is 33.0 Å². The fourth-order valence-electron chi connectivity index (χ4n) is 5.70. The molecule has 2 heterocycles. The van der Waals surface area contributed by atoms with Gasteiger partial charge in [0.1, 0.15) is 0 Å². The molecule has 42 heavy (non-hydrogen) atoms. The molecule has 1 saturated carbocycles. The summed E-state index contributed by atoms with van der Waals surface area (Å²) in [5.74, 6) is 2.83. The van der Waals surface area contributed by atoms with Gasteiger partial charge in [0.15, 0.2) is 0 Å². The summed E-state index contributed by atoms with van der Waals surface area (Å²) in [4.78, 5) is 12.6. The van der Waals surface area contributed by atoms with Crippen molar-refractivity contribution in [2.45, 2.75) is 19.8 Å². The van der Waals surface area contributed by atoms with Crippen molar-refractivity contribution in [2.24, 2.45) is 17.8 Å². The summed E-state index contributed by atoms with van der Waals surface area (Å²) in [5, 5.41) is 16.9. The Morgan fingerprint density at radius 1 is 0.762 bits per heavy atom. The fourth-order valence-corrected chi connectivity index (χ4v) is 5.70. The minimum absolute atomic E-state index is 0.315. The first-order valence-electron chi connectivity index (χ1n) is 14.0. The molecule has 3 atom stereocenters. The van der Waals surface area contributed by atoms with Crippen molar-refractivity contribution in [3.05, 3.63) is 103 Å². The van der Waals surface area contributed by atoms with Crippen LogP contribution in [0.4, 0.5) is 0 Å². The number of esters is 1. The SMILES string of the molecule is C=C(C)c1ccc(-c2nnc(-c3cccc(-c4nnc(-c5ccc(C(=O)OCC6CC7C=CC6C7)cc5)o4)c3)o2)cc1. The van der Waals surface area contributed by atoms with Gasteiger partial charge in [-0.15, -0.1) is 20.4 Å². The Hall–Kier alpha value is -5.11. The highest BCUT2D eigenvalue weighted by molar-refractivity contribution is 5.90. The summed E-state index contributed by atoms with van der Waals surface area (Å²) >= 11 is 0. The normalized spacial score (nSPS) is 18.8. The zero-order chi connectivity index (χ0) is 28.6. The molecule has 0 radical (unpaired) electrons. The molecule has 3 aromatic carbocycles. The smallest absolute Gasteiger partial charge is 0.338 e. The highest BCUT2D eigenvalue weighted by atomic mass is 16.5. The van der Waals surface area contributed by atoms with Gasteiger partial charge in [0.2, 0.25) is 23.6 Å². The average molecular weight is 557 g/mol. The first-order valence-corrected chi connectivity index (χ1v) is 14.0. The van der Waals surface area contributed by atoms with E-state index in [0.29, 0.717) is 64.6 Å². The number of nitrogens with zero attached hydrogens (tertiary/aromatic N) is 4. The van der Waals surface area contributed by atoms with Crippen LogP contribution in [0.25, 0.3) is 51.4 Å². The van der Waals surface area contributed by atoms with Gasteiger partial charge in [-0.05, 0) is 97.7 Å². The molecule has 3 unspecified atom stereocenters. The monoisotopic (exact) mass is 556 g/mol. The van der Waals surface area contributed by atoms with Gasteiger partial charge in [-0.2, -0.15) is 0 Å². The second kappa shape index (κ2) is 10.7. The quantitative estimate of drug-likeness (QED) is 0.143. The predicted molar refractivity (Wildman–Crippen MR) is 158 cm³/mol.